The number of hydrogen-bond acceptors (Lipinski definition) is 6. The molecule has 0 unspecified atom stereocenters. The number of aromatic nitrogens is 1. The topological polar surface area (TPSA) is 83.8 Å². The average Bonchev–Trinajstić information content (AvgIpc) is 3.14. The van der Waals surface area contributed by atoms with E-state index in [1.54, 1.807) is 63.4 Å². The van der Waals surface area contributed by atoms with Gasteiger partial charge in [-0.1, -0.05) is 30.3 Å². The van der Waals surface area contributed by atoms with Crippen LogP contribution in [0.3, 0.4) is 0 Å². The van der Waals surface area contributed by atoms with Crippen LogP contribution in [0.5, 0.6) is 0 Å². The van der Waals surface area contributed by atoms with Gasteiger partial charge in [0.05, 0.1) is 30.9 Å². The zero-order chi connectivity index (χ0) is 23.5. The second kappa shape index (κ2) is 9.09. The van der Waals surface area contributed by atoms with E-state index in [0.717, 1.165) is 5.39 Å². The molecule has 1 heterocycles. The molecule has 0 spiro atoms. The highest BCUT2D eigenvalue weighted by Gasteiger charge is 2.21. The molecule has 0 fully saturated rings. The van der Waals surface area contributed by atoms with Crippen LogP contribution in [-0.2, 0) is 19.0 Å². The van der Waals surface area contributed by atoms with Crippen molar-refractivity contribution in [2.75, 3.05) is 14.2 Å². The van der Waals surface area contributed by atoms with Gasteiger partial charge < -0.3 is 14.2 Å². The van der Waals surface area contributed by atoms with Crippen molar-refractivity contribution in [2.24, 2.45) is 0 Å². The molecule has 0 atom stereocenters. The fourth-order valence-electron chi connectivity index (χ4n) is 3.21. The molecule has 2 aromatic carbocycles. The van der Waals surface area contributed by atoms with Crippen molar-refractivity contribution in [2.45, 2.75) is 26.4 Å². The van der Waals surface area contributed by atoms with Crippen LogP contribution in [-0.4, -0.2) is 42.4 Å². The fraction of sp³-hybridized carbons (Fsp3) is 0.240. The summed E-state index contributed by atoms with van der Waals surface area (Å²) in [6, 6.07) is 13.8. The maximum absolute atomic E-state index is 12.7. The monoisotopic (exact) mass is 435 g/mol. The maximum atomic E-state index is 12.7. The Balaban J connectivity index is 2.12. The second-order valence-corrected chi connectivity index (χ2v) is 8.07. The van der Waals surface area contributed by atoms with E-state index < -0.39 is 23.6 Å². The number of carbonyl (C=O) groups excluding carboxylic acids is 3. The van der Waals surface area contributed by atoms with E-state index in [0.29, 0.717) is 22.2 Å². The Labute approximate surface area is 186 Å². The first-order valence-corrected chi connectivity index (χ1v) is 9.97. The van der Waals surface area contributed by atoms with Crippen molar-refractivity contribution < 1.29 is 28.6 Å². The first-order valence-electron chi connectivity index (χ1n) is 9.97. The first kappa shape index (κ1) is 22.8. The van der Waals surface area contributed by atoms with Gasteiger partial charge in [-0.15, -0.1) is 0 Å². The van der Waals surface area contributed by atoms with Gasteiger partial charge in [-0.3, -0.25) is 4.57 Å². The molecule has 7 heteroatoms. The predicted molar refractivity (Wildman–Crippen MR) is 121 cm³/mol. The number of carbonyl (C=O) groups is 3. The van der Waals surface area contributed by atoms with Crippen LogP contribution in [0.25, 0.3) is 22.6 Å². The third kappa shape index (κ3) is 4.88. The lowest BCUT2D eigenvalue weighted by Crippen LogP contribution is -2.26. The smallest absolute Gasteiger partial charge is 0.419 e. The Morgan fingerprint density at radius 1 is 0.875 bits per heavy atom. The standard InChI is InChI=1S/C25H25NO6/c1-25(2,3)32-24(29)26-15-18(19-8-6-7-9-21(19)26)14-20(23(28)31-5)16-10-12-17(13-11-16)22(27)30-4/h6-15H,1-5H3/b20-14+. The van der Waals surface area contributed by atoms with E-state index in [4.69, 9.17) is 14.2 Å². The Morgan fingerprint density at radius 3 is 2.09 bits per heavy atom. The SMILES string of the molecule is COC(=O)/C(=C/c1cn(C(=O)OC(C)(C)C)c2ccccc12)c1ccc(C(=O)OC)cc1. The number of rotatable bonds is 4. The number of para-hydroxylation sites is 1. The predicted octanol–water partition coefficient (Wildman–Crippen LogP) is 4.92. The number of methoxy groups -OCH3 is 2. The van der Waals surface area contributed by atoms with E-state index >= 15 is 0 Å². The molecule has 0 saturated heterocycles. The quantitative estimate of drug-likeness (QED) is 0.328. The van der Waals surface area contributed by atoms with Gasteiger partial charge in [0.15, 0.2) is 0 Å². The fourth-order valence-corrected chi connectivity index (χ4v) is 3.21. The summed E-state index contributed by atoms with van der Waals surface area (Å²) >= 11 is 0. The molecule has 32 heavy (non-hydrogen) atoms. The summed E-state index contributed by atoms with van der Waals surface area (Å²) < 4.78 is 16.6. The molecule has 0 radical (unpaired) electrons. The number of benzene rings is 2. The molecular formula is C25H25NO6. The molecule has 0 saturated carbocycles. The van der Waals surface area contributed by atoms with E-state index in [-0.39, 0.29) is 5.57 Å². The van der Waals surface area contributed by atoms with Gasteiger partial charge in [-0.25, -0.2) is 14.4 Å². The molecule has 0 amide bonds. The lowest BCUT2D eigenvalue weighted by atomic mass is 10.0. The van der Waals surface area contributed by atoms with Crippen LogP contribution in [0.2, 0.25) is 0 Å². The average molecular weight is 435 g/mol. The summed E-state index contributed by atoms with van der Waals surface area (Å²) in [4.78, 5) is 37.0. The normalized spacial score (nSPS) is 11.8. The van der Waals surface area contributed by atoms with Crippen LogP contribution < -0.4 is 0 Å². The third-order valence-electron chi connectivity index (χ3n) is 4.66. The second-order valence-electron chi connectivity index (χ2n) is 8.07. The van der Waals surface area contributed by atoms with Gasteiger partial charge >= 0.3 is 18.0 Å². The Morgan fingerprint density at radius 2 is 1.50 bits per heavy atom. The van der Waals surface area contributed by atoms with E-state index in [2.05, 4.69) is 0 Å². The number of ether oxygens (including phenoxy) is 3. The molecule has 3 aromatic rings. The highest BCUT2D eigenvalue weighted by atomic mass is 16.6. The van der Waals surface area contributed by atoms with Gasteiger partial charge in [0.1, 0.15) is 5.60 Å². The van der Waals surface area contributed by atoms with Gasteiger partial charge in [-0.05, 0) is 50.6 Å². The van der Waals surface area contributed by atoms with Crippen molar-refractivity contribution in [3.63, 3.8) is 0 Å². The maximum Gasteiger partial charge on any atom is 0.419 e. The summed E-state index contributed by atoms with van der Waals surface area (Å²) in [6.45, 7) is 5.39. The molecule has 166 valence electrons. The minimum atomic E-state index is -0.656. The highest BCUT2D eigenvalue weighted by molar-refractivity contribution is 6.22. The lowest BCUT2D eigenvalue weighted by Gasteiger charge is -2.19. The van der Waals surface area contributed by atoms with Crippen molar-refractivity contribution >= 4 is 40.6 Å². The van der Waals surface area contributed by atoms with Crippen molar-refractivity contribution in [3.05, 3.63) is 71.4 Å². The molecule has 0 aliphatic heterocycles. The highest BCUT2D eigenvalue weighted by Crippen LogP contribution is 2.28. The van der Waals surface area contributed by atoms with Crippen LogP contribution in [0.1, 0.15) is 42.3 Å². The molecule has 0 N–H and O–H groups in total. The molecule has 3 rings (SSSR count). The molecule has 0 aliphatic rings. The van der Waals surface area contributed by atoms with Gasteiger partial charge in [0, 0.05) is 17.1 Å². The van der Waals surface area contributed by atoms with Crippen LogP contribution in [0, 0.1) is 0 Å². The third-order valence-corrected chi connectivity index (χ3v) is 4.66. The summed E-state index contributed by atoms with van der Waals surface area (Å²) in [7, 11) is 2.60. The number of fused-ring (bicyclic) bond motifs is 1. The van der Waals surface area contributed by atoms with Gasteiger partial charge in [-0.2, -0.15) is 0 Å². The summed E-state index contributed by atoms with van der Waals surface area (Å²) in [5, 5.41) is 0.769. The zero-order valence-corrected chi connectivity index (χ0v) is 18.7. The zero-order valence-electron chi connectivity index (χ0n) is 18.7. The van der Waals surface area contributed by atoms with Crippen LogP contribution >= 0.6 is 0 Å². The minimum absolute atomic E-state index is 0.274. The largest absolute Gasteiger partial charge is 0.465 e. The van der Waals surface area contributed by atoms with Crippen LogP contribution in [0.4, 0.5) is 4.79 Å². The number of hydrogen-bond donors (Lipinski definition) is 0. The van der Waals surface area contributed by atoms with Crippen molar-refractivity contribution in [3.8, 4) is 0 Å². The van der Waals surface area contributed by atoms with Crippen molar-refractivity contribution in [1.29, 1.82) is 0 Å². The Hall–Kier alpha value is -3.87. The molecule has 7 nitrogen and oxygen atoms in total. The van der Waals surface area contributed by atoms with E-state index in [1.165, 1.54) is 18.8 Å². The summed E-state index contributed by atoms with van der Waals surface area (Å²) in [5.74, 6) is -1.02. The molecule has 0 bridgehead atoms. The Bertz CT molecular complexity index is 1200. The molecule has 1 aromatic heterocycles. The van der Waals surface area contributed by atoms with Crippen LogP contribution in [0.15, 0.2) is 54.7 Å². The minimum Gasteiger partial charge on any atom is -0.465 e. The van der Waals surface area contributed by atoms with E-state index in [1.807, 2.05) is 18.2 Å². The lowest BCUT2D eigenvalue weighted by molar-refractivity contribution is -0.133. The van der Waals surface area contributed by atoms with Gasteiger partial charge in [0.25, 0.3) is 0 Å². The summed E-state index contributed by atoms with van der Waals surface area (Å²) in [6.07, 6.45) is 2.77. The summed E-state index contributed by atoms with van der Waals surface area (Å²) in [5.41, 5.74) is 1.83. The Kier molecular flexibility index (Phi) is 6.48. The van der Waals surface area contributed by atoms with E-state index in [9.17, 15) is 14.4 Å². The molecule has 0 aliphatic carbocycles. The van der Waals surface area contributed by atoms with Gasteiger partial charge in [0.2, 0.25) is 0 Å². The first-order chi connectivity index (χ1) is 15.1. The number of esters is 2. The number of nitrogens with zero attached hydrogens (tertiary/aromatic N) is 1. The van der Waals surface area contributed by atoms with Crippen molar-refractivity contribution in [1.82, 2.24) is 4.57 Å². The molecular weight excluding hydrogens is 410 g/mol.